The summed E-state index contributed by atoms with van der Waals surface area (Å²) in [7, 11) is 1.40. The standard InChI is InChI=1S/C18H25NO3S/c1-18(2,3)11-7-8-12-13(9-11)23-16(14(12)17(21)22-4)19-15(20)10-5-6-10/h10-11H,5-9H2,1-4H3,(H,19,20)/t11-/m0/s1. The molecule has 0 saturated heterocycles. The van der Waals surface area contributed by atoms with E-state index in [-0.39, 0.29) is 23.2 Å². The van der Waals surface area contributed by atoms with Crippen molar-refractivity contribution in [1.29, 1.82) is 0 Å². The van der Waals surface area contributed by atoms with Crippen molar-refractivity contribution in [1.82, 2.24) is 0 Å². The van der Waals surface area contributed by atoms with E-state index < -0.39 is 0 Å². The van der Waals surface area contributed by atoms with Crippen molar-refractivity contribution in [3.8, 4) is 0 Å². The molecule has 126 valence electrons. The molecule has 1 saturated carbocycles. The number of fused-ring (bicyclic) bond motifs is 1. The molecule has 1 aromatic heterocycles. The molecule has 23 heavy (non-hydrogen) atoms. The molecular weight excluding hydrogens is 310 g/mol. The highest BCUT2D eigenvalue weighted by atomic mass is 32.1. The van der Waals surface area contributed by atoms with Crippen molar-refractivity contribution >= 4 is 28.2 Å². The van der Waals surface area contributed by atoms with Crippen LogP contribution < -0.4 is 5.32 Å². The number of carbonyl (C=O) groups is 2. The number of nitrogens with one attached hydrogen (secondary N) is 1. The van der Waals surface area contributed by atoms with Gasteiger partial charge >= 0.3 is 5.97 Å². The van der Waals surface area contributed by atoms with Gasteiger partial charge in [-0.2, -0.15) is 0 Å². The van der Waals surface area contributed by atoms with Crippen LogP contribution >= 0.6 is 11.3 Å². The number of esters is 1. The number of thiophene rings is 1. The van der Waals surface area contributed by atoms with Gasteiger partial charge in [0.1, 0.15) is 5.00 Å². The third-order valence-electron chi connectivity index (χ3n) is 5.06. The van der Waals surface area contributed by atoms with Gasteiger partial charge in [-0.3, -0.25) is 4.79 Å². The monoisotopic (exact) mass is 335 g/mol. The minimum atomic E-state index is -0.331. The smallest absolute Gasteiger partial charge is 0.341 e. The summed E-state index contributed by atoms with van der Waals surface area (Å²) in [6.07, 6.45) is 4.85. The minimum absolute atomic E-state index is 0.0427. The molecule has 1 N–H and O–H groups in total. The minimum Gasteiger partial charge on any atom is -0.465 e. The van der Waals surface area contributed by atoms with Crippen LogP contribution in [0.3, 0.4) is 0 Å². The molecule has 0 aliphatic heterocycles. The Balaban J connectivity index is 1.92. The lowest BCUT2D eigenvalue weighted by molar-refractivity contribution is -0.117. The average molecular weight is 335 g/mol. The molecule has 2 aliphatic carbocycles. The van der Waals surface area contributed by atoms with Gasteiger partial charge in [-0.15, -0.1) is 11.3 Å². The molecule has 0 radical (unpaired) electrons. The predicted octanol–water partition coefficient (Wildman–Crippen LogP) is 4.03. The second-order valence-electron chi connectivity index (χ2n) is 7.77. The number of amides is 1. The second-order valence-corrected chi connectivity index (χ2v) is 8.87. The summed E-state index contributed by atoms with van der Waals surface area (Å²) in [6, 6.07) is 0. The Kier molecular flexibility index (Phi) is 4.25. The van der Waals surface area contributed by atoms with Crippen molar-refractivity contribution < 1.29 is 14.3 Å². The number of rotatable bonds is 3. The van der Waals surface area contributed by atoms with Gasteiger partial charge in [0.25, 0.3) is 0 Å². The normalized spacial score (nSPS) is 20.8. The molecule has 0 aromatic carbocycles. The van der Waals surface area contributed by atoms with Crippen molar-refractivity contribution in [2.45, 2.75) is 52.9 Å². The zero-order chi connectivity index (χ0) is 16.8. The summed E-state index contributed by atoms with van der Waals surface area (Å²) in [5.41, 5.74) is 1.94. The van der Waals surface area contributed by atoms with Gasteiger partial charge in [-0.25, -0.2) is 4.79 Å². The van der Waals surface area contributed by atoms with Gasteiger partial charge in [0, 0.05) is 10.8 Å². The van der Waals surface area contributed by atoms with E-state index in [1.807, 2.05) is 0 Å². The lowest BCUT2D eigenvalue weighted by atomic mass is 9.72. The molecule has 5 heteroatoms. The average Bonchev–Trinajstić information content (AvgIpc) is 3.27. The van der Waals surface area contributed by atoms with Gasteiger partial charge < -0.3 is 10.1 Å². The maximum absolute atomic E-state index is 12.2. The van der Waals surface area contributed by atoms with E-state index in [1.54, 1.807) is 11.3 Å². The van der Waals surface area contributed by atoms with E-state index in [1.165, 1.54) is 12.0 Å². The van der Waals surface area contributed by atoms with E-state index in [2.05, 4.69) is 26.1 Å². The second kappa shape index (κ2) is 5.93. The van der Waals surface area contributed by atoms with E-state index in [9.17, 15) is 9.59 Å². The topological polar surface area (TPSA) is 55.4 Å². The Morgan fingerprint density at radius 3 is 2.48 bits per heavy atom. The van der Waals surface area contributed by atoms with Crippen LogP contribution in [0.2, 0.25) is 0 Å². The van der Waals surface area contributed by atoms with Crippen LogP contribution in [0.4, 0.5) is 5.00 Å². The van der Waals surface area contributed by atoms with Gasteiger partial charge in [0.2, 0.25) is 5.91 Å². The lowest BCUT2D eigenvalue weighted by Gasteiger charge is -2.33. The third kappa shape index (κ3) is 3.30. The van der Waals surface area contributed by atoms with Gasteiger partial charge in [0.15, 0.2) is 0 Å². The number of ether oxygens (including phenoxy) is 1. The van der Waals surface area contributed by atoms with Crippen molar-refractivity contribution in [2.75, 3.05) is 12.4 Å². The summed E-state index contributed by atoms with van der Waals surface area (Å²) in [4.78, 5) is 25.6. The third-order valence-corrected chi connectivity index (χ3v) is 6.23. The molecule has 1 atom stereocenters. The molecule has 3 rings (SSSR count). The van der Waals surface area contributed by atoms with Crippen LogP contribution in [0.5, 0.6) is 0 Å². The Labute approximate surface area is 141 Å². The van der Waals surface area contributed by atoms with Crippen LogP contribution in [-0.2, 0) is 22.4 Å². The number of methoxy groups -OCH3 is 1. The zero-order valence-electron chi connectivity index (χ0n) is 14.3. The van der Waals surface area contributed by atoms with Gasteiger partial charge in [0.05, 0.1) is 12.7 Å². The first-order valence-electron chi connectivity index (χ1n) is 8.35. The Morgan fingerprint density at radius 1 is 1.22 bits per heavy atom. The molecule has 0 bridgehead atoms. The van der Waals surface area contributed by atoms with Crippen LogP contribution in [0.25, 0.3) is 0 Å². The fourth-order valence-corrected chi connectivity index (χ4v) is 4.61. The maximum Gasteiger partial charge on any atom is 0.341 e. The summed E-state index contributed by atoms with van der Waals surface area (Å²) in [6.45, 7) is 6.81. The highest BCUT2D eigenvalue weighted by Crippen LogP contribution is 2.45. The fourth-order valence-electron chi connectivity index (χ4n) is 3.29. The Bertz CT molecular complexity index is 637. The number of hydrogen-bond donors (Lipinski definition) is 1. The molecule has 2 aliphatic rings. The molecule has 1 fully saturated rings. The molecule has 0 unspecified atom stereocenters. The molecule has 1 amide bonds. The number of anilines is 1. The summed E-state index contributed by atoms with van der Waals surface area (Å²) in [5, 5.41) is 3.67. The molecule has 0 spiro atoms. The fraction of sp³-hybridized carbons (Fsp3) is 0.667. The van der Waals surface area contributed by atoms with E-state index >= 15 is 0 Å². The van der Waals surface area contributed by atoms with Crippen molar-refractivity contribution in [3.05, 3.63) is 16.0 Å². The first-order valence-corrected chi connectivity index (χ1v) is 9.16. The van der Waals surface area contributed by atoms with Gasteiger partial charge in [-0.05, 0) is 49.0 Å². The van der Waals surface area contributed by atoms with Gasteiger partial charge in [-0.1, -0.05) is 20.8 Å². The Morgan fingerprint density at radius 2 is 1.91 bits per heavy atom. The number of carbonyl (C=O) groups excluding carboxylic acids is 2. The van der Waals surface area contributed by atoms with Crippen LogP contribution in [-0.4, -0.2) is 19.0 Å². The summed E-state index contributed by atoms with van der Waals surface area (Å²) in [5.74, 6) is 0.442. The summed E-state index contributed by atoms with van der Waals surface area (Å²) >= 11 is 1.57. The summed E-state index contributed by atoms with van der Waals surface area (Å²) < 4.78 is 4.97. The zero-order valence-corrected chi connectivity index (χ0v) is 15.1. The quantitative estimate of drug-likeness (QED) is 0.848. The van der Waals surface area contributed by atoms with Crippen LogP contribution in [0, 0.1) is 17.3 Å². The number of hydrogen-bond acceptors (Lipinski definition) is 4. The SMILES string of the molecule is COC(=O)c1c(NC(=O)C2CC2)sc2c1CC[C@H](C(C)(C)C)C2. The van der Waals surface area contributed by atoms with E-state index in [0.717, 1.165) is 37.7 Å². The largest absolute Gasteiger partial charge is 0.465 e. The van der Waals surface area contributed by atoms with E-state index in [4.69, 9.17) is 4.74 Å². The highest BCUT2D eigenvalue weighted by Gasteiger charge is 2.36. The lowest BCUT2D eigenvalue weighted by Crippen LogP contribution is -2.26. The van der Waals surface area contributed by atoms with Crippen LogP contribution in [0.15, 0.2) is 0 Å². The predicted molar refractivity (Wildman–Crippen MR) is 92.0 cm³/mol. The van der Waals surface area contributed by atoms with Crippen LogP contribution in [0.1, 0.15) is 60.8 Å². The van der Waals surface area contributed by atoms with E-state index in [0.29, 0.717) is 16.5 Å². The van der Waals surface area contributed by atoms with Crippen molar-refractivity contribution in [3.63, 3.8) is 0 Å². The first-order chi connectivity index (χ1) is 10.8. The molecule has 1 aromatic rings. The molecular formula is C18H25NO3S. The Hall–Kier alpha value is -1.36. The maximum atomic E-state index is 12.2. The highest BCUT2D eigenvalue weighted by molar-refractivity contribution is 7.17. The molecule has 1 heterocycles. The van der Waals surface area contributed by atoms with Crippen molar-refractivity contribution in [2.24, 2.45) is 17.3 Å². The molecule has 4 nitrogen and oxygen atoms in total. The first kappa shape index (κ1) is 16.5.